The molecule has 4 rings (SSSR count). The number of amides is 1. The van der Waals surface area contributed by atoms with Gasteiger partial charge in [-0.25, -0.2) is 0 Å². The summed E-state index contributed by atoms with van der Waals surface area (Å²) in [5, 5.41) is 3.11. The summed E-state index contributed by atoms with van der Waals surface area (Å²) in [5.41, 5.74) is 0.705. The molecule has 1 saturated heterocycles. The summed E-state index contributed by atoms with van der Waals surface area (Å²) in [7, 11) is 4.78. The molecule has 33 heavy (non-hydrogen) atoms. The molecule has 2 heterocycles. The number of rotatable bonds is 8. The largest absolute Gasteiger partial charge is 0.496 e. The molecular weight excluding hydrogens is 422 g/mol. The number of hydrogen-bond acceptors (Lipinski definition) is 6. The summed E-state index contributed by atoms with van der Waals surface area (Å²) < 4.78 is 18.4. The van der Waals surface area contributed by atoms with Crippen LogP contribution in [0.4, 0.5) is 5.69 Å². The summed E-state index contributed by atoms with van der Waals surface area (Å²) in [6.07, 6.45) is 4.00. The Bertz CT molecular complexity index is 1210. The van der Waals surface area contributed by atoms with Crippen molar-refractivity contribution in [1.82, 2.24) is 9.47 Å². The Hall–Kier alpha value is -3.52. The Morgan fingerprint density at radius 2 is 1.79 bits per heavy atom. The first-order valence-corrected chi connectivity index (χ1v) is 11.0. The maximum atomic E-state index is 13.3. The number of aromatic nitrogens is 1. The minimum atomic E-state index is -0.503. The quantitative estimate of drug-likeness (QED) is 0.566. The third kappa shape index (κ3) is 4.80. The summed E-state index contributed by atoms with van der Waals surface area (Å²) in [6, 6.07) is 10.6. The molecule has 0 aliphatic carbocycles. The SMILES string of the molecule is COc1ccc(OC)c2c1c(=O)c(C(=O)Nc1cccc(OCCN3CCCC3)c1)cn2C. The second-order valence-electron chi connectivity index (χ2n) is 8.06. The van der Waals surface area contributed by atoms with E-state index in [-0.39, 0.29) is 5.56 Å². The predicted octanol–water partition coefficient (Wildman–Crippen LogP) is 3.28. The number of ether oxygens (including phenoxy) is 3. The fourth-order valence-corrected chi connectivity index (χ4v) is 4.23. The van der Waals surface area contributed by atoms with Crippen LogP contribution in [0, 0.1) is 0 Å². The van der Waals surface area contributed by atoms with Crippen molar-refractivity contribution in [3.8, 4) is 17.2 Å². The van der Waals surface area contributed by atoms with Gasteiger partial charge in [0.2, 0.25) is 5.43 Å². The monoisotopic (exact) mass is 451 g/mol. The lowest BCUT2D eigenvalue weighted by Crippen LogP contribution is -2.25. The number of carbonyl (C=O) groups excluding carboxylic acids is 1. The number of pyridine rings is 1. The van der Waals surface area contributed by atoms with E-state index in [1.165, 1.54) is 33.3 Å². The average Bonchev–Trinajstić information content (AvgIpc) is 3.34. The number of methoxy groups -OCH3 is 2. The standard InChI is InChI=1S/C25H29N3O5/c1-27-16-19(24(29)22-20(31-2)9-10-21(32-3)23(22)27)25(30)26-17-7-6-8-18(15-17)33-14-13-28-11-4-5-12-28/h6-10,15-16H,4-5,11-14H2,1-3H3,(H,26,30). The molecule has 0 saturated carbocycles. The van der Waals surface area contributed by atoms with Gasteiger partial charge in [0.25, 0.3) is 5.91 Å². The van der Waals surface area contributed by atoms with Crippen molar-refractivity contribution in [3.05, 3.63) is 58.4 Å². The zero-order valence-corrected chi connectivity index (χ0v) is 19.2. The number of hydrogen-bond donors (Lipinski definition) is 1. The smallest absolute Gasteiger partial charge is 0.261 e. The molecule has 0 bridgehead atoms. The van der Waals surface area contributed by atoms with E-state index in [4.69, 9.17) is 14.2 Å². The minimum Gasteiger partial charge on any atom is -0.496 e. The maximum Gasteiger partial charge on any atom is 0.261 e. The van der Waals surface area contributed by atoms with Gasteiger partial charge >= 0.3 is 0 Å². The lowest BCUT2D eigenvalue weighted by atomic mass is 10.1. The molecule has 3 aromatic rings. The molecule has 1 aromatic heterocycles. The Labute approximate surface area is 192 Å². The Kier molecular flexibility index (Phi) is 6.84. The van der Waals surface area contributed by atoms with Crippen LogP contribution in [0.2, 0.25) is 0 Å². The van der Waals surface area contributed by atoms with Crippen molar-refractivity contribution < 1.29 is 19.0 Å². The van der Waals surface area contributed by atoms with E-state index >= 15 is 0 Å². The topological polar surface area (TPSA) is 82.0 Å². The van der Waals surface area contributed by atoms with Gasteiger partial charge in [0, 0.05) is 31.5 Å². The molecule has 2 aromatic carbocycles. The number of anilines is 1. The van der Waals surface area contributed by atoms with Gasteiger partial charge in [0.1, 0.15) is 29.4 Å². The van der Waals surface area contributed by atoms with Gasteiger partial charge in [-0.1, -0.05) is 6.07 Å². The van der Waals surface area contributed by atoms with Crippen molar-refractivity contribution in [3.63, 3.8) is 0 Å². The molecule has 0 spiro atoms. The highest BCUT2D eigenvalue weighted by Gasteiger charge is 2.20. The molecule has 1 aliphatic heterocycles. The van der Waals surface area contributed by atoms with Crippen LogP contribution in [0.1, 0.15) is 23.2 Å². The first kappa shape index (κ1) is 22.7. The van der Waals surface area contributed by atoms with E-state index in [1.54, 1.807) is 35.9 Å². The molecule has 1 amide bonds. The molecule has 0 atom stereocenters. The van der Waals surface area contributed by atoms with E-state index in [0.717, 1.165) is 19.6 Å². The van der Waals surface area contributed by atoms with E-state index in [1.807, 2.05) is 12.1 Å². The molecule has 8 nitrogen and oxygen atoms in total. The van der Waals surface area contributed by atoms with Gasteiger partial charge in [-0.05, 0) is 50.2 Å². The Morgan fingerprint density at radius 3 is 2.52 bits per heavy atom. The van der Waals surface area contributed by atoms with E-state index in [0.29, 0.717) is 40.4 Å². The van der Waals surface area contributed by atoms with Crippen molar-refractivity contribution in [2.45, 2.75) is 12.8 Å². The summed E-state index contributed by atoms with van der Waals surface area (Å²) >= 11 is 0. The number of likely N-dealkylation sites (tertiary alicyclic amines) is 1. The third-order valence-electron chi connectivity index (χ3n) is 5.90. The highest BCUT2D eigenvalue weighted by Crippen LogP contribution is 2.31. The van der Waals surface area contributed by atoms with Crippen molar-refractivity contribution >= 4 is 22.5 Å². The number of carbonyl (C=O) groups is 1. The third-order valence-corrected chi connectivity index (χ3v) is 5.90. The van der Waals surface area contributed by atoms with Crippen molar-refractivity contribution in [1.29, 1.82) is 0 Å². The Morgan fingerprint density at radius 1 is 1.06 bits per heavy atom. The molecule has 8 heteroatoms. The highest BCUT2D eigenvalue weighted by molar-refractivity contribution is 6.06. The van der Waals surface area contributed by atoms with Crippen LogP contribution in [0.3, 0.4) is 0 Å². The summed E-state index contributed by atoms with van der Waals surface area (Å²) in [6.45, 7) is 3.72. The van der Waals surface area contributed by atoms with Gasteiger partial charge in [-0.3, -0.25) is 14.5 Å². The average molecular weight is 452 g/mol. The zero-order valence-electron chi connectivity index (χ0n) is 19.2. The van der Waals surface area contributed by atoms with Gasteiger partial charge in [-0.2, -0.15) is 0 Å². The molecular formula is C25H29N3O5. The predicted molar refractivity (Wildman–Crippen MR) is 128 cm³/mol. The lowest BCUT2D eigenvalue weighted by molar-refractivity contribution is 0.102. The van der Waals surface area contributed by atoms with Gasteiger partial charge < -0.3 is 24.1 Å². The van der Waals surface area contributed by atoms with Crippen LogP contribution in [-0.4, -0.2) is 55.8 Å². The fourth-order valence-electron chi connectivity index (χ4n) is 4.23. The van der Waals surface area contributed by atoms with Crippen LogP contribution in [0.15, 0.2) is 47.4 Å². The summed E-state index contributed by atoms with van der Waals surface area (Å²) in [5.74, 6) is 1.08. The first-order chi connectivity index (χ1) is 16.0. The fraction of sp³-hybridized carbons (Fsp3) is 0.360. The van der Waals surface area contributed by atoms with Crippen LogP contribution in [0.5, 0.6) is 17.2 Å². The number of nitrogens with one attached hydrogen (secondary N) is 1. The summed E-state index contributed by atoms with van der Waals surface area (Å²) in [4.78, 5) is 28.7. The van der Waals surface area contributed by atoms with Gasteiger partial charge in [-0.15, -0.1) is 0 Å². The molecule has 1 aliphatic rings. The minimum absolute atomic E-state index is 0.0110. The van der Waals surface area contributed by atoms with Crippen LogP contribution in [0.25, 0.3) is 10.9 Å². The van der Waals surface area contributed by atoms with E-state index in [2.05, 4.69) is 10.2 Å². The van der Waals surface area contributed by atoms with Crippen LogP contribution in [-0.2, 0) is 7.05 Å². The number of benzene rings is 2. The van der Waals surface area contributed by atoms with Crippen molar-refractivity contribution in [2.24, 2.45) is 7.05 Å². The van der Waals surface area contributed by atoms with Crippen LogP contribution >= 0.6 is 0 Å². The van der Waals surface area contributed by atoms with Gasteiger partial charge in [0.15, 0.2) is 0 Å². The molecule has 1 N–H and O–H groups in total. The van der Waals surface area contributed by atoms with Gasteiger partial charge in [0.05, 0.1) is 25.1 Å². The second kappa shape index (κ2) is 9.95. The lowest BCUT2D eigenvalue weighted by Gasteiger charge is -2.16. The number of fused-ring (bicyclic) bond motifs is 1. The van der Waals surface area contributed by atoms with E-state index < -0.39 is 11.3 Å². The normalized spacial score (nSPS) is 13.8. The van der Waals surface area contributed by atoms with Crippen molar-refractivity contribution in [2.75, 3.05) is 45.8 Å². The second-order valence-corrected chi connectivity index (χ2v) is 8.06. The highest BCUT2D eigenvalue weighted by atomic mass is 16.5. The van der Waals surface area contributed by atoms with Crippen LogP contribution < -0.4 is 25.0 Å². The maximum absolute atomic E-state index is 13.3. The number of nitrogens with zero attached hydrogens (tertiary/aromatic N) is 2. The first-order valence-electron chi connectivity index (χ1n) is 11.0. The molecule has 0 radical (unpaired) electrons. The Balaban J connectivity index is 1.55. The van der Waals surface area contributed by atoms with E-state index in [9.17, 15) is 9.59 Å². The molecule has 174 valence electrons. The molecule has 0 unspecified atom stereocenters. The zero-order chi connectivity index (χ0) is 23.4. The molecule has 1 fully saturated rings. The number of aryl methyl sites for hydroxylation is 1.